The fourth-order valence-electron chi connectivity index (χ4n) is 6.09. The van der Waals surface area contributed by atoms with Crippen molar-refractivity contribution in [1.82, 2.24) is 10.0 Å². The van der Waals surface area contributed by atoms with Gasteiger partial charge in [-0.3, -0.25) is 9.52 Å². The van der Waals surface area contributed by atoms with Crippen LogP contribution in [-0.4, -0.2) is 59.9 Å². The highest BCUT2D eigenvalue weighted by atomic mass is 35.5. The van der Waals surface area contributed by atoms with Gasteiger partial charge in [-0.1, -0.05) is 43.7 Å². The van der Waals surface area contributed by atoms with E-state index in [0.29, 0.717) is 47.2 Å². The fourth-order valence-corrected chi connectivity index (χ4v) is 8.81. The van der Waals surface area contributed by atoms with Crippen molar-refractivity contribution in [2.45, 2.75) is 71.1 Å². The molecule has 1 aliphatic heterocycles. The monoisotopic (exact) mass is 702 g/mol. The molecular formula is C35H47ClN4O5S2. The van der Waals surface area contributed by atoms with Crippen molar-refractivity contribution >= 4 is 50.9 Å². The number of hydrogen-bond donors (Lipinski definition) is 2. The van der Waals surface area contributed by atoms with Crippen molar-refractivity contribution in [2.75, 3.05) is 36.5 Å². The van der Waals surface area contributed by atoms with Crippen LogP contribution in [0.3, 0.4) is 0 Å². The molecule has 1 heterocycles. The minimum atomic E-state index is -3.45. The van der Waals surface area contributed by atoms with Gasteiger partial charge in [0.15, 0.2) is 0 Å². The number of rotatable bonds is 10. The van der Waals surface area contributed by atoms with Gasteiger partial charge in [0.1, 0.15) is 21.6 Å². The lowest BCUT2D eigenvalue weighted by atomic mass is 9.71. The SMILES string of the molecule is CO[C@@H](/C=C/C[C@H](C)CS(=O)(=NC(=O)c1ccc2c(c1)N(C)Cc1ccc(Cl)cc1CCSCO2)NC(=O)NC1CC1)[C@@H]1CC[C@H]1C. The molecule has 1 unspecified atom stereocenters. The molecule has 3 aliphatic rings. The highest BCUT2D eigenvalue weighted by molar-refractivity contribution is 7.99. The summed E-state index contributed by atoms with van der Waals surface area (Å²) in [7, 11) is 0.227. The van der Waals surface area contributed by atoms with Gasteiger partial charge in [-0.25, -0.2) is 9.00 Å². The Morgan fingerprint density at radius 2 is 2.00 bits per heavy atom. The molecule has 2 fully saturated rings. The summed E-state index contributed by atoms with van der Waals surface area (Å²) in [6, 6.07) is 10.6. The number of carbonyl (C=O) groups is 2. The maximum atomic E-state index is 14.2. The van der Waals surface area contributed by atoms with Crippen molar-refractivity contribution in [2.24, 2.45) is 22.1 Å². The molecule has 0 aromatic heterocycles. The first-order valence-corrected chi connectivity index (χ1v) is 19.6. The number of anilines is 1. The van der Waals surface area contributed by atoms with E-state index < -0.39 is 21.9 Å². The number of nitrogens with one attached hydrogen (secondary N) is 2. The predicted octanol–water partition coefficient (Wildman–Crippen LogP) is 7.23. The Hall–Kier alpha value is -2.73. The number of allylic oxidation sites excluding steroid dienone is 1. The molecule has 5 atom stereocenters. The maximum Gasteiger partial charge on any atom is 0.327 e. The first-order chi connectivity index (χ1) is 22.5. The highest BCUT2D eigenvalue weighted by Gasteiger charge is 2.32. The Labute approximate surface area is 288 Å². The van der Waals surface area contributed by atoms with Crippen LogP contribution >= 0.6 is 23.4 Å². The third kappa shape index (κ3) is 9.90. The normalized spacial score (nSPS) is 22.3. The predicted molar refractivity (Wildman–Crippen MR) is 192 cm³/mol. The van der Waals surface area contributed by atoms with Crippen LogP contribution in [0.5, 0.6) is 5.75 Å². The number of fused-ring (bicyclic) bond motifs is 2. The van der Waals surface area contributed by atoms with Crippen LogP contribution < -0.4 is 19.7 Å². The number of hydrogen-bond acceptors (Lipinski definition) is 7. The van der Waals surface area contributed by atoms with Gasteiger partial charge >= 0.3 is 6.03 Å². The number of methoxy groups -OCH3 is 1. The number of halogens is 1. The number of amides is 3. The number of benzene rings is 2. The quantitative estimate of drug-likeness (QED) is 0.252. The van der Waals surface area contributed by atoms with E-state index in [1.807, 2.05) is 37.1 Å². The first-order valence-electron chi connectivity index (χ1n) is 16.4. The maximum absolute atomic E-state index is 14.2. The average Bonchev–Trinajstić information content (AvgIpc) is 3.83. The molecule has 2 N–H and O–H groups in total. The van der Waals surface area contributed by atoms with Gasteiger partial charge in [0.05, 0.1) is 17.5 Å². The molecule has 12 heteroatoms. The summed E-state index contributed by atoms with van der Waals surface area (Å²) in [5, 5.41) is 3.52. The molecule has 2 aromatic carbocycles. The van der Waals surface area contributed by atoms with Crippen LogP contribution in [0.2, 0.25) is 5.02 Å². The second-order valence-electron chi connectivity index (χ2n) is 13.1. The summed E-state index contributed by atoms with van der Waals surface area (Å²) in [5.74, 6) is 2.39. The number of thioether (sulfide) groups is 1. The molecule has 2 saturated carbocycles. The highest BCUT2D eigenvalue weighted by Crippen LogP contribution is 2.38. The van der Waals surface area contributed by atoms with Crippen molar-refractivity contribution in [1.29, 1.82) is 0 Å². The molecule has 47 heavy (non-hydrogen) atoms. The molecular weight excluding hydrogens is 656 g/mol. The van der Waals surface area contributed by atoms with E-state index in [1.54, 1.807) is 37.1 Å². The van der Waals surface area contributed by atoms with Gasteiger partial charge in [-0.05, 0) is 97.7 Å². The summed E-state index contributed by atoms with van der Waals surface area (Å²) >= 11 is 7.99. The van der Waals surface area contributed by atoms with E-state index in [4.69, 9.17) is 21.1 Å². The van der Waals surface area contributed by atoms with E-state index in [0.717, 1.165) is 37.0 Å². The summed E-state index contributed by atoms with van der Waals surface area (Å²) < 4.78 is 32.8. The topological polar surface area (TPSA) is 109 Å². The lowest BCUT2D eigenvalue weighted by Gasteiger charge is -2.38. The number of nitrogens with zero attached hydrogens (tertiary/aromatic N) is 2. The largest absolute Gasteiger partial charge is 0.481 e. The van der Waals surface area contributed by atoms with Gasteiger partial charge in [-0.2, -0.15) is 0 Å². The Bertz CT molecular complexity index is 1590. The van der Waals surface area contributed by atoms with Gasteiger partial charge in [0, 0.05) is 43.1 Å². The van der Waals surface area contributed by atoms with Gasteiger partial charge < -0.3 is 19.7 Å². The molecule has 9 nitrogen and oxygen atoms in total. The van der Waals surface area contributed by atoms with Crippen molar-refractivity contribution in [3.05, 3.63) is 70.3 Å². The molecule has 2 aliphatic carbocycles. The van der Waals surface area contributed by atoms with Crippen LogP contribution in [0.4, 0.5) is 10.5 Å². The summed E-state index contributed by atoms with van der Waals surface area (Å²) in [6.45, 7) is 4.78. The number of ether oxygens (including phenoxy) is 2. The molecule has 5 rings (SSSR count). The number of aryl methyl sites for hydroxylation is 1. The zero-order valence-electron chi connectivity index (χ0n) is 27.7. The van der Waals surface area contributed by atoms with E-state index in [9.17, 15) is 13.8 Å². The smallest absolute Gasteiger partial charge is 0.327 e. The van der Waals surface area contributed by atoms with Crippen molar-refractivity contribution < 1.29 is 23.3 Å². The van der Waals surface area contributed by atoms with Crippen molar-refractivity contribution in [3.8, 4) is 5.75 Å². The van der Waals surface area contributed by atoms with Crippen LogP contribution in [-0.2, 0) is 27.6 Å². The van der Waals surface area contributed by atoms with Crippen LogP contribution in [0.1, 0.15) is 67.4 Å². The van der Waals surface area contributed by atoms with Crippen LogP contribution in [0, 0.1) is 17.8 Å². The summed E-state index contributed by atoms with van der Waals surface area (Å²) in [4.78, 5) is 28.5. The van der Waals surface area contributed by atoms with E-state index >= 15 is 0 Å². The minimum Gasteiger partial charge on any atom is -0.481 e. The third-order valence-corrected chi connectivity index (χ3v) is 12.2. The summed E-state index contributed by atoms with van der Waals surface area (Å²) in [5.41, 5.74) is 3.30. The van der Waals surface area contributed by atoms with E-state index in [2.05, 4.69) is 33.5 Å². The zero-order valence-corrected chi connectivity index (χ0v) is 30.1. The van der Waals surface area contributed by atoms with Gasteiger partial charge in [0.2, 0.25) is 0 Å². The minimum absolute atomic E-state index is 0.0309. The van der Waals surface area contributed by atoms with Crippen molar-refractivity contribution in [3.63, 3.8) is 0 Å². The van der Waals surface area contributed by atoms with Crippen LogP contribution in [0.15, 0.2) is 52.9 Å². The lowest BCUT2D eigenvalue weighted by Crippen LogP contribution is -2.42. The average molecular weight is 703 g/mol. The van der Waals surface area contributed by atoms with E-state index in [-0.39, 0.29) is 29.4 Å². The Morgan fingerprint density at radius 3 is 2.70 bits per heavy atom. The van der Waals surface area contributed by atoms with Gasteiger partial charge in [0.25, 0.3) is 5.91 Å². The molecule has 256 valence electrons. The number of urea groups is 1. The Kier molecular flexibility index (Phi) is 12.2. The molecule has 0 spiro atoms. The Morgan fingerprint density at radius 1 is 1.19 bits per heavy atom. The third-order valence-electron chi connectivity index (χ3n) is 9.16. The summed E-state index contributed by atoms with van der Waals surface area (Å²) in [6.07, 6.45) is 9.80. The molecule has 3 amide bonds. The van der Waals surface area contributed by atoms with Gasteiger partial charge in [-0.15, -0.1) is 16.1 Å². The van der Waals surface area contributed by atoms with E-state index in [1.165, 1.54) is 12.0 Å². The zero-order chi connectivity index (χ0) is 33.6. The fraction of sp³-hybridized carbons (Fsp3) is 0.543. The second-order valence-corrected chi connectivity index (χ2v) is 16.6. The molecule has 2 aromatic rings. The van der Waals surface area contributed by atoms with Crippen LogP contribution in [0.25, 0.3) is 0 Å². The molecule has 0 bridgehead atoms. The molecule has 0 radical (unpaired) electrons. The second kappa shape index (κ2) is 16.1. The standard InChI is InChI=1S/C35H47ClN4O5S2/c1-23(6-5-7-32(44-4)30-14-8-24(30)2)21-47(43,39-35(42)37-29-12-13-29)38-34(41)26-10-15-33-31(19-26)40(3)20-27-9-11-28(36)18-25(27)16-17-46-22-45-33/h5,7,9-11,15,18-19,23-24,29-30,32H,6,8,12-14,16-17,20-22H2,1-4H3,(H2,37,38,39,41,42,43)/b7-5+/t23-,24+,30+,32-,47?/m0/s1. The Balaban J connectivity index is 1.36. The molecule has 0 saturated heterocycles. The first kappa shape index (κ1) is 35.6. The number of carbonyl (C=O) groups excluding carboxylic acids is 2. The lowest BCUT2D eigenvalue weighted by molar-refractivity contribution is 0.0178.